The van der Waals surface area contributed by atoms with E-state index in [0.717, 1.165) is 24.1 Å². The SMILES string of the molecule is [2H][13C]([2H])([2H])OC1=C[C@@]23CCCN2CCc2cc4c(cc2[C@H]3[C@H]1OC(=O)[C@](O)(CCCC(C)(C)O)CC(=O)O)OCO4. The summed E-state index contributed by atoms with van der Waals surface area (Å²) in [5.41, 5.74) is -2.49. The van der Waals surface area contributed by atoms with Crippen LogP contribution in [-0.2, 0) is 25.5 Å². The predicted octanol–water partition coefficient (Wildman–Crippen LogP) is 2.49. The molecular formula is C28H37NO9. The van der Waals surface area contributed by atoms with Crippen molar-refractivity contribution in [2.24, 2.45) is 0 Å². The van der Waals surface area contributed by atoms with Crippen molar-refractivity contribution in [3.05, 3.63) is 35.1 Å². The van der Waals surface area contributed by atoms with Gasteiger partial charge in [0, 0.05) is 6.54 Å². The molecule has 0 saturated carbocycles. The fraction of sp³-hybridized carbons (Fsp3) is 0.643. The Hall–Kier alpha value is -2.82. The molecule has 1 fully saturated rings. The maximum absolute atomic E-state index is 13.7. The minimum atomic E-state index is -2.85. The van der Waals surface area contributed by atoms with Gasteiger partial charge in [0.05, 0.1) is 34.6 Å². The molecule has 4 aliphatic rings. The number of rotatable bonds is 9. The molecule has 10 nitrogen and oxygen atoms in total. The van der Waals surface area contributed by atoms with Crippen LogP contribution in [0.15, 0.2) is 24.0 Å². The van der Waals surface area contributed by atoms with Gasteiger partial charge in [-0.05, 0) is 88.3 Å². The van der Waals surface area contributed by atoms with E-state index in [-0.39, 0.29) is 31.8 Å². The molecule has 1 aromatic carbocycles. The molecule has 0 bridgehead atoms. The summed E-state index contributed by atoms with van der Waals surface area (Å²) in [6.45, 7) is 4.63. The van der Waals surface area contributed by atoms with Crippen LogP contribution in [0, 0.1) is 0 Å². The number of benzene rings is 1. The molecule has 3 N–H and O–H groups in total. The van der Waals surface area contributed by atoms with Gasteiger partial charge >= 0.3 is 11.9 Å². The van der Waals surface area contributed by atoms with E-state index < -0.39 is 54.2 Å². The molecule has 0 radical (unpaired) electrons. The van der Waals surface area contributed by atoms with E-state index in [9.17, 15) is 24.9 Å². The molecule has 38 heavy (non-hydrogen) atoms. The van der Waals surface area contributed by atoms with Crippen molar-refractivity contribution >= 4 is 11.9 Å². The zero-order chi connectivity index (χ0) is 29.8. The molecule has 0 aromatic heterocycles. The molecule has 208 valence electrons. The number of nitrogens with zero attached hydrogens (tertiary/aromatic N) is 1. The number of methoxy groups -OCH3 is 1. The summed E-state index contributed by atoms with van der Waals surface area (Å²) in [6.07, 6.45) is 1.80. The van der Waals surface area contributed by atoms with E-state index in [0.29, 0.717) is 30.9 Å². The van der Waals surface area contributed by atoms with Crippen LogP contribution in [0.5, 0.6) is 11.5 Å². The lowest BCUT2D eigenvalue weighted by molar-refractivity contribution is -0.178. The molecule has 4 atom stereocenters. The molecule has 3 aliphatic heterocycles. The van der Waals surface area contributed by atoms with Gasteiger partial charge in [-0.25, -0.2) is 4.79 Å². The Kier molecular flexibility index (Phi) is 5.92. The van der Waals surface area contributed by atoms with Crippen LogP contribution >= 0.6 is 0 Å². The Balaban J connectivity index is 1.55. The fourth-order valence-corrected chi connectivity index (χ4v) is 6.56. The molecule has 5 rings (SSSR count). The average molecular weight is 536 g/mol. The van der Waals surface area contributed by atoms with Gasteiger partial charge in [0.1, 0.15) is 5.76 Å². The first-order valence-electron chi connectivity index (χ1n) is 14.6. The lowest BCUT2D eigenvalue weighted by Crippen LogP contribution is -2.49. The van der Waals surface area contributed by atoms with Gasteiger partial charge in [-0.2, -0.15) is 0 Å². The molecule has 1 aliphatic carbocycles. The maximum atomic E-state index is 13.7. The maximum Gasteiger partial charge on any atom is 0.339 e. The second-order valence-electron chi connectivity index (χ2n) is 11.5. The number of hydrogen-bond acceptors (Lipinski definition) is 9. The standard InChI is InChI=1S/C28H37NO9/c1-26(2,33)7-4-9-28(34,15-22(30)31)25(32)38-24-21(35-3)14-27-8-5-10-29(27)11-6-17-12-19-20(37-16-36-19)13-18(17)23(24)27/h12-14,23-24,33-34H,4-11,15-16H2,1-3H3,(H,30,31)/t23-,24-,27+,28-/m0/s1/i3+1D3. The number of esters is 1. The number of hydrogen-bond donors (Lipinski definition) is 3. The molecule has 10 heteroatoms. The van der Waals surface area contributed by atoms with Crippen LogP contribution in [0.25, 0.3) is 0 Å². The summed E-state index contributed by atoms with van der Waals surface area (Å²) >= 11 is 0. The summed E-state index contributed by atoms with van der Waals surface area (Å²) in [5, 5.41) is 31.0. The highest BCUT2D eigenvalue weighted by molar-refractivity contribution is 5.85. The van der Waals surface area contributed by atoms with Crippen molar-refractivity contribution < 1.29 is 48.0 Å². The van der Waals surface area contributed by atoms with Crippen molar-refractivity contribution in [3.8, 4) is 11.5 Å². The summed E-state index contributed by atoms with van der Waals surface area (Å²) in [6, 6.07) is 3.73. The Labute approximate surface area is 226 Å². The molecule has 1 aromatic rings. The Morgan fingerprint density at radius 3 is 2.68 bits per heavy atom. The van der Waals surface area contributed by atoms with Crippen molar-refractivity contribution in [3.63, 3.8) is 0 Å². The van der Waals surface area contributed by atoms with Crippen LogP contribution in [-0.4, -0.2) is 81.9 Å². The van der Waals surface area contributed by atoms with Gasteiger partial charge in [-0.15, -0.1) is 0 Å². The third-order valence-corrected chi connectivity index (χ3v) is 8.28. The molecule has 0 unspecified atom stereocenters. The van der Waals surface area contributed by atoms with Crippen molar-refractivity contribution in [1.29, 1.82) is 0 Å². The summed E-state index contributed by atoms with van der Waals surface area (Å²) in [5.74, 6) is -2.14. The zero-order valence-electron chi connectivity index (χ0n) is 24.7. The highest BCUT2D eigenvalue weighted by atomic mass is 16.7. The minimum Gasteiger partial charge on any atom is -0.497 e. The highest BCUT2D eigenvalue weighted by Crippen LogP contribution is 2.55. The number of aliphatic carboxylic acids is 1. The van der Waals surface area contributed by atoms with E-state index in [1.807, 2.05) is 12.1 Å². The van der Waals surface area contributed by atoms with Crippen molar-refractivity contribution in [1.82, 2.24) is 4.90 Å². The van der Waals surface area contributed by atoms with Crippen molar-refractivity contribution in [2.75, 3.05) is 26.9 Å². The molecular weight excluding hydrogens is 495 g/mol. The van der Waals surface area contributed by atoms with Crippen molar-refractivity contribution in [2.45, 2.75) is 87.6 Å². The first-order valence-corrected chi connectivity index (χ1v) is 13.1. The second kappa shape index (κ2) is 9.73. The third kappa shape index (κ3) is 4.74. The smallest absolute Gasteiger partial charge is 0.339 e. The Morgan fingerprint density at radius 2 is 1.97 bits per heavy atom. The fourth-order valence-electron chi connectivity index (χ4n) is 6.56. The first-order chi connectivity index (χ1) is 19.1. The van der Waals surface area contributed by atoms with Gasteiger partial charge in [0.15, 0.2) is 23.2 Å². The number of carbonyl (C=O) groups is 2. The lowest BCUT2D eigenvalue weighted by atomic mass is 9.77. The number of carboxylic acid groups (broad SMARTS) is 1. The Bertz CT molecular complexity index is 1240. The van der Waals surface area contributed by atoms with Gasteiger partial charge in [-0.3, -0.25) is 9.69 Å². The molecule has 0 amide bonds. The molecule has 3 heterocycles. The van der Waals surface area contributed by atoms with Gasteiger partial charge in [-0.1, -0.05) is 0 Å². The number of aliphatic hydroxyl groups is 2. The summed E-state index contributed by atoms with van der Waals surface area (Å²) in [7, 11) is -2.85. The predicted molar refractivity (Wildman–Crippen MR) is 135 cm³/mol. The number of carbonyl (C=O) groups excluding carboxylic acids is 1. The zero-order valence-corrected chi connectivity index (χ0v) is 21.7. The van der Waals surface area contributed by atoms with E-state index in [2.05, 4.69) is 4.90 Å². The summed E-state index contributed by atoms with van der Waals surface area (Å²) in [4.78, 5) is 27.6. The van der Waals surface area contributed by atoms with Crippen LogP contribution in [0.4, 0.5) is 0 Å². The number of carboxylic acids is 1. The first kappa shape index (κ1) is 23.1. The normalized spacial score (nSPS) is 28.9. The average Bonchev–Trinajstić information content (AvgIpc) is 3.51. The highest BCUT2D eigenvalue weighted by Gasteiger charge is 2.59. The minimum absolute atomic E-state index is 0.0602. The van der Waals surface area contributed by atoms with Crippen LogP contribution in [0.1, 0.15) is 73.5 Å². The van der Waals surface area contributed by atoms with E-state index in [1.54, 1.807) is 19.9 Å². The van der Waals surface area contributed by atoms with E-state index in [4.69, 9.17) is 23.1 Å². The van der Waals surface area contributed by atoms with Gasteiger partial charge < -0.3 is 34.3 Å². The van der Waals surface area contributed by atoms with Crippen LogP contribution in [0.2, 0.25) is 0 Å². The lowest BCUT2D eigenvalue weighted by Gasteiger charge is -2.39. The topological polar surface area (TPSA) is 135 Å². The third-order valence-electron chi connectivity index (χ3n) is 8.28. The monoisotopic (exact) mass is 535 g/mol. The van der Waals surface area contributed by atoms with E-state index in [1.165, 1.54) is 0 Å². The Morgan fingerprint density at radius 1 is 1.21 bits per heavy atom. The van der Waals surface area contributed by atoms with E-state index >= 15 is 0 Å². The van der Waals surface area contributed by atoms with Crippen LogP contribution in [0.3, 0.4) is 0 Å². The largest absolute Gasteiger partial charge is 0.497 e. The van der Waals surface area contributed by atoms with Gasteiger partial charge in [0.25, 0.3) is 0 Å². The van der Waals surface area contributed by atoms with Gasteiger partial charge in [0.2, 0.25) is 6.79 Å². The number of fused-ring (bicyclic) bond motifs is 3. The second-order valence-corrected chi connectivity index (χ2v) is 11.5. The number of ether oxygens (including phenoxy) is 4. The molecule has 1 saturated heterocycles. The molecule has 1 spiro atoms. The van der Waals surface area contributed by atoms with Crippen LogP contribution < -0.4 is 9.47 Å². The quantitative estimate of drug-likeness (QED) is 0.320. The summed E-state index contributed by atoms with van der Waals surface area (Å²) < 4.78 is 46.0.